The molecule has 5 heteroatoms. The molecule has 0 spiro atoms. The Kier molecular flexibility index (Phi) is 3.80. The van der Waals surface area contributed by atoms with Gasteiger partial charge in [0, 0.05) is 17.2 Å². The molecule has 1 aliphatic heterocycles. The predicted octanol–water partition coefficient (Wildman–Crippen LogP) is 2.50. The Bertz CT molecular complexity index is 627. The van der Waals surface area contributed by atoms with Crippen LogP contribution in [0.25, 0.3) is 0 Å². The molecule has 0 unspecified atom stereocenters. The molecule has 2 aromatic rings. The van der Waals surface area contributed by atoms with Gasteiger partial charge in [-0.3, -0.25) is 4.79 Å². The molecule has 4 nitrogen and oxygen atoms in total. The van der Waals surface area contributed by atoms with Gasteiger partial charge in [0.15, 0.2) is 0 Å². The van der Waals surface area contributed by atoms with Crippen molar-refractivity contribution < 1.29 is 4.79 Å². The first kappa shape index (κ1) is 13.3. The van der Waals surface area contributed by atoms with Gasteiger partial charge in [0.25, 0.3) is 0 Å². The molecular formula is C15H14BrN3O. The maximum absolute atomic E-state index is 12.2. The lowest BCUT2D eigenvalue weighted by Crippen LogP contribution is -2.44. The van der Waals surface area contributed by atoms with E-state index in [0.29, 0.717) is 12.2 Å². The minimum Gasteiger partial charge on any atom is -0.309 e. The van der Waals surface area contributed by atoms with E-state index in [1.165, 1.54) is 11.1 Å². The summed E-state index contributed by atoms with van der Waals surface area (Å²) in [5.41, 5.74) is 2.49. The lowest BCUT2D eigenvalue weighted by atomic mass is 9.95. The van der Waals surface area contributed by atoms with Crippen LogP contribution in [-0.2, 0) is 17.8 Å². The van der Waals surface area contributed by atoms with Gasteiger partial charge in [-0.1, -0.05) is 24.3 Å². The summed E-state index contributed by atoms with van der Waals surface area (Å²) in [6.45, 7) is 0.724. The number of rotatable bonds is 2. The van der Waals surface area contributed by atoms with E-state index in [4.69, 9.17) is 0 Å². The molecule has 0 fully saturated rings. The fourth-order valence-corrected chi connectivity index (χ4v) is 2.54. The standard InChI is InChI=1S/C15H14BrN3O/c16-12-5-6-14(18-9-12)19-15(20)13-7-10-3-1-2-4-11(10)8-17-13/h1-6,9,13,17H,7-8H2,(H,18,19,20)/t13-/m1/s1. The van der Waals surface area contributed by atoms with Crippen molar-refractivity contribution in [3.05, 3.63) is 58.2 Å². The summed E-state index contributed by atoms with van der Waals surface area (Å²) in [6, 6.07) is 11.6. The quantitative estimate of drug-likeness (QED) is 0.888. The maximum Gasteiger partial charge on any atom is 0.243 e. The topological polar surface area (TPSA) is 54.0 Å². The van der Waals surface area contributed by atoms with Crippen LogP contribution in [-0.4, -0.2) is 16.9 Å². The second kappa shape index (κ2) is 5.73. The van der Waals surface area contributed by atoms with E-state index in [2.05, 4.69) is 43.7 Å². The zero-order valence-electron chi connectivity index (χ0n) is 10.8. The number of carbonyl (C=O) groups excluding carboxylic acids is 1. The van der Waals surface area contributed by atoms with Gasteiger partial charge < -0.3 is 10.6 Å². The summed E-state index contributed by atoms with van der Waals surface area (Å²) in [5.74, 6) is 0.521. The van der Waals surface area contributed by atoms with Crippen LogP contribution in [0.5, 0.6) is 0 Å². The molecular weight excluding hydrogens is 318 g/mol. The number of nitrogens with one attached hydrogen (secondary N) is 2. The van der Waals surface area contributed by atoms with Crippen molar-refractivity contribution in [1.82, 2.24) is 10.3 Å². The third kappa shape index (κ3) is 2.89. The molecule has 20 heavy (non-hydrogen) atoms. The van der Waals surface area contributed by atoms with Crippen LogP contribution in [0.1, 0.15) is 11.1 Å². The van der Waals surface area contributed by atoms with Gasteiger partial charge in [0.05, 0.1) is 6.04 Å². The Labute approximate surface area is 125 Å². The monoisotopic (exact) mass is 331 g/mol. The molecule has 0 aliphatic carbocycles. The minimum absolute atomic E-state index is 0.0469. The summed E-state index contributed by atoms with van der Waals surface area (Å²) in [5, 5.41) is 6.09. The van der Waals surface area contributed by atoms with E-state index < -0.39 is 0 Å². The number of benzene rings is 1. The van der Waals surface area contributed by atoms with Crippen LogP contribution < -0.4 is 10.6 Å². The Morgan fingerprint density at radius 2 is 2.05 bits per heavy atom. The largest absolute Gasteiger partial charge is 0.309 e. The van der Waals surface area contributed by atoms with Crippen molar-refractivity contribution >= 4 is 27.7 Å². The van der Waals surface area contributed by atoms with Gasteiger partial charge in [-0.2, -0.15) is 0 Å². The van der Waals surface area contributed by atoms with Crippen molar-refractivity contribution in [3.8, 4) is 0 Å². The molecule has 1 aliphatic rings. The Morgan fingerprint density at radius 1 is 1.25 bits per heavy atom. The zero-order valence-corrected chi connectivity index (χ0v) is 12.4. The second-order valence-corrected chi connectivity index (χ2v) is 5.67. The van der Waals surface area contributed by atoms with E-state index >= 15 is 0 Å². The van der Waals surface area contributed by atoms with Crippen molar-refractivity contribution in [2.45, 2.75) is 19.0 Å². The van der Waals surface area contributed by atoms with Gasteiger partial charge in [-0.25, -0.2) is 4.98 Å². The van der Waals surface area contributed by atoms with Crippen LogP contribution in [0.15, 0.2) is 47.1 Å². The second-order valence-electron chi connectivity index (χ2n) is 4.76. The fourth-order valence-electron chi connectivity index (χ4n) is 2.30. The van der Waals surface area contributed by atoms with E-state index in [1.807, 2.05) is 18.2 Å². The molecule has 1 atom stereocenters. The summed E-state index contributed by atoms with van der Waals surface area (Å²) < 4.78 is 0.889. The average Bonchev–Trinajstić information content (AvgIpc) is 2.49. The van der Waals surface area contributed by atoms with Crippen LogP contribution in [0.2, 0.25) is 0 Å². The molecule has 1 aromatic heterocycles. The highest BCUT2D eigenvalue weighted by Crippen LogP contribution is 2.17. The van der Waals surface area contributed by atoms with Crippen LogP contribution >= 0.6 is 15.9 Å². The molecule has 2 heterocycles. The number of hydrogen-bond donors (Lipinski definition) is 2. The number of halogens is 1. The Morgan fingerprint density at radius 3 is 2.80 bits per heavy atom. The first-order valence-electron chi connectivity index (χ1n) is 6.45. The lowest BCUT2D eigenvalue weighted by Gasteiger charge is -2.25. The molecule has 102 valence electrons. The zero-order chi connectivity index (χ0) is 13.9. The van der Waals surface area contributed by atoms with Crippen LogP contribution in [0.3, 0.4) is 0 Å². The maximum atomic E-state index is 12.2. The average molecular weight is 332 g/mol. The number of anilines is 1. The Balaban J connectivity index is 1.68. The fraction of sp³-hybridized carbons (Fsp3) is 0.200. The third-order valence-electron chi connectivity index (χ3n) is 3.38. The van der Waals surface area contributed by atoms with Crippen molar-refractivity contribution in [2.24, 2.45) is 0 Å². The van der Waals surface area contributed by atoms with Crippen LogP contribution in [0, 0.1) is 0 Å². The third-order valence-corrected chi connectivity index (χ3v) is 3.85. The van der Waals surface area contributed by atoms with Gasteiger partial charge in [-0.05, 0) is 45.6 Å². The molecule has 0 radical (unpaired) electrons. The predicted molar refractivity (Wildman–Crippen MR) is 81.3 cm³/mol. The first-order chi connectivity index (χ1) is 9.72. The summed E-state index contributed by atoms with van der Waals surface area (Å²) in [6.07, 6.45) is 2.37. The molecule has 1 aromatic carbocycles. The summed E-state index contributed by atoms with van der Waals surface area (Å²) in [4.78, 5) is 16.4. The van der Waals surface area contributed by atoms with Crippen LogP contribution in [0.4, 0.5) is 5.82 Å². The minimum atomic E-state index is -0.213. The first-order valence-corrected chi connectivity index (χ1v) is 7.24. The smallest absolute Gasteiger partial charge is 0.243 e. The summed E-state index contributed by atoms with van der Waals surface area (Å²) >= 11 is 3.32. The van der Waals surface area contributed by atoms with Crippen molar-refractivity contribution in [2.75, 3.05) is 5.32 Å². The molecule has 1 amide bonds. The molecule has 0 saturated heterocycles. The van der Waals surface area contributed by atoms with Gasteiger partial charge in [-0.15, -0.1) is 0 Å². The van der Waals surface area contributed by atoms with E-state index in [-0.39, 0.29) is 11.9 Å². The highest BCUT2D eigenvalue weighted by atomic mass is 79.9. The molecule has 0 saturated carbocycles. The van der Waals surface area contributed by atoms with Gasteiger partial charge in [0.1, 0.15) is 5.82 Å². The number of hydrogen-bond acceptors (Lipinski definition) is 3. The number of carbonyl (C=O) groups is 1. The van der Waals surface area contributed by atoms with Gasteiger partial charge >= 0.3 is 0 Å². The Hall–Kier alpha value is -1.72. The number of nitrogens with zero attached hydrogens (tertiary/aromatic N) is 1. The van der Waals surface area contributed by atoms with E-state index in [9.17, 15) is 4.79 Å². The molecule has 0 bridgehead atoms. The SMILES string of the molecule is O=C(Nc1ccc(Br)cn1)[C@H]1Cc2ccccc2CN1. The number of amides is 1. The highest BCUT2D eigenvalue weighted by molar-refractivity contribution is 9.10. The molecule has 2 N–H and O–H groups in total. The number of fused-ring (bicyclic) bond motifs is 1. The number of aromatic nitrogens is 1. The van der Waals surface area contributed by atoms with E-state index in [0.717, 1.165) is 11.0 Å². The molecule has 3 rings (SSSR count). The van der Waals surface area contributed by atoms with Gasteiger partial charge in [0.2, 0.25) is 5.91 Å². The van der Waals surface area contributed by atoms with E-state index in [1.54, 1.807) is 12.3 Å². The highest BCUT2D eigenvalue weighted by Gasteiger charge is 2.23. The summed E-state index contributed by atoms with van der Waals surface area (Å²) in [7, 11) is 0. The van der Waals surface area contributed by atoms with Crippen molar-refractivity contribution in [3.63, 3.8) is 0 Å². The number of pyridine rings is 1. The van der Waals surface area contributed by atoms with Crippen molar-refractivity contribution in [1.29, 1.82) is 0 Å². The lowest BCUT2D eigenvalue weighted by molar-refractivity contribution is -0.118. The normalized spacial score (nSPS) is 17.4.